The first-order valence-corrected chi connectivity index (χ1v) is 5.52. The Kier molecular flexibility index (Phi) is 3.67. The van der Waals surface area contributed by atoms with Crippen LogP contribution in [-0.2, 0) is 11.2 Å². The molecule has 1 aromatic rings. The van der Waals surface area contributed by atoms with Crippen molar-refractivity contribution in [2.45, 2.75) is 34.1 Å². The molecule has 0 heterocycles. The normalized spacial score (nSPS) is 11.8. The highest BCUT2D eigenvalue weighted by atomic mass is 16.1. The SMILES string of the molecule is CC(C)C(=O)C(C)(C)Cc1ccccc1. The van der Waals surface area contributed by atoms with Gasteiger partial charge in [-0.1, -0.05) is 58.0 Å². The number of ketones is 1. The highest BCUT2D eigenvalue weighted by Gasteiger charge is 2.29. The van der Waals surface area contributed by atoms with Gasteiger partial charge in [-0.15, -0.1) is 0 Å². The number of hydrogen-bond donors (Lipinski definition) is 0. The lowest BCUT2D eigenvalue weighted by Crippen LogP contribution is -2.30. The van der Waals surface area contributed by atoms with Crippen molar-refractivity contribution in [1.82, 2.24) is 0 Å². The van der Waals surface area contributed by atoms with E-state index in [1.165, 1.54) is 5.56 Å². The molecule has 0 N–H and O–H groups in total. The minimum Gasteiger partial charge on any atom is -0.299 e. The van der Waals surface area contributed by atoms with Crippen LogP contribution in [0.15, 0.2) is 30.3 Å². The molecule has 0 unspecified atom stereocenters. The van der Waals surface area contributed by atoms with E-state index in [-0.39, 0.29) is 11.3 Å². The molecule has 1 rings (SSSR count). The van der Waals surface area contributed by atoms with Crippen LogP contribution in [0.3, 0.4) is 0 Å². The van der Waals surface area contributed by atoms with Crippen LogP contribution in [0.5, 0.6) is 0 Å². The van der Waals surface area contributed by atoms with Gasteiger partial charge in [0.15, 0.2) is 0 Å². The van der Waals surface area contributed by atoms with E-state index in [0.29, 0.717) is 5.78 Å². The second kappa shape index (κ2) is 4.61. The van der Waals surface area contributed by atoms with E-state index < -0.39 is 0 Å². The predicted molar refractivity (Wildman–Crippen MR) is 63.8 cm³/mol. The Labute approximate surface area is 92.5 Å². The summed E-state index contributed by atoms with van der Waals surface area (Å²) in [4.78, 5) is 12.0. The minimum atomic E-state index is -0.254. The Hall–Kier alpha value is -1.11. The molecule has 82 valence electrons. The van der Waals surface area contributed by atoms with Crippen molar-refractivity contribution in [1.29, 1.82) is 0 Å². The summed E-state index contributed by atoms with van der Waals surface area (Å²) in [6, 6.07) is 10.2. The Bertz CT molecular complexity index is 322. The van der Waals surface area contributed by atoms with Gasteiger partial charge < -0.3 is 0 Å². The molecule has 0 fully saturated rings. The predicted octanol–water partition coefficient (Wildman–Crippen LogP) is 3.48. The third kappa shape index (κ3) is 3.19. The van der Waals surface area contributed by atoms with Crippen molar-refractivity contribution in [3.05, 3.63) is 35.9 Å². The first kappa shape index (κ1) is 12.0. The van der Waals surface area contributed by atoms with Crippen molar-refractivity contribution >= 4 is 5.78 Å². The number of hydrogen-bond acceptors (Lipinski definition) is 1. The van der Waals surface area contributed by atoms with Crippen LogP contribution >= 0.6 is 0 Å². The molecule has 0 amide bonds. The highest BCUT2D eigenvalue weighted by molar-refractivity contribution is 5.86. The van der Waals surface area contributed by atoms with Crippen molar-refractivity contribution in [2.75, 3.05) is 0 Å². The summed E-state index contributed by atoms with van der Waals surface area (Å²) in [5.41, 5.74) is 0.978. The minimum absolute atomic E-state index is 0.115. The van der Waals surface area contributed by atoms with Crippen LogP contribution in [0, 0.1) is 11.3 Å². The van der Waals surface area contributed by atoms with E-state index in [0.717, 1.165) is 6.42 Å². The molecule has 1 aromatic carbocycles. The second-order valence-electron chi connectivity index (χ2n) is 5.07. The molecule has 0 saturated carbocycles. The molecule has 1 heteroatoms. The second-order valence-corrected chi connectivity index (χ2v) is 5.07. The van der Waals surface area contributed by atoms with Crippen LogP contribution in [0.2, 0.25) is 0 Å². The summed E-state index contributed by atoms with van der Waals surface area (Å²) < 4.78 is 0. The van der Waals surface area contributed by atoms with Crippen molar-refractivity contribution < 1.29 is 4.79 Å². The van der Waals surface area contributed by atoms with E-state index in [4.69, 9.17) is 0 Å². The lowest BCUT2D eigenvalue weighted by molar-refractivity contribution is -0.130. The zero-order valence-electron chi connectivity index (χ0n) is 10.1. The smallest absolute Gasteiger partial charge is 0.141 e. The van der Waals surface area contributed by atoms with E-state index in [1.807, 2.05) is 45.9 Å². The maximum atomic E-state index is 12.0. The summed E-state index contributed by atoms with van der Waals surface area (Å²) in [7, 11) is 0. The van der Waals surface area contributed by atoms with Crippen molar-refractivity contribution in [3.63, 3.8) is 0 Å². The molecule has 0 atom stereocenters. The molecule has 0 spiro atoms. The zero-order chi connectivity index (χ0) is 11.5. The Morgan fingerprint density at radius 1 is 1.20 bits per heavy atom. The van der Waals surface area contributed by atoms with Crippen molar-refractivity contribution in [2.24, 2.45) is 11.3 Å². The Morgan fingerprint density at radius 3 is 2.20 bits per heavy atom. The van der Waals surface area contributed by atoms with Gasteiger partial charge in [0.1, 0.15) is 5.78 Å². The van der Waals surface area contributed by atoms with Crippen LogP contribution in [0.25, 0.3) is 0 Å². The Morgan fingerprint density at radius 2 is 1.73 bits per heavy atom. The van der Waals surface area contributed by atoms with Gasteiger partial charge in [0.2, 0.25) is 0 Å². The van der Waals surface area contributed by atoms with Gasteiger partial charge in [-0.2, -0.15) is 0 Å². The fraction of sp³-hybridized carbons (Fsp3) is 0.500. The fourth-order valence-corrected chi connectivity index (χ4v) is 1.97. The number of Topliss-reactive ketones (excluding diaryl/α,β-unsaturated/α-hetero) is 1. The monoisotopic (exact) mass is 204 g/mol. The van der Waals surface area contributed by atoms with E-state index >= 15 is 0 Å². The van der Waals surface area contributed by atoms with Gasteiger partial charge >= 0.3 is 0 Å². The highest BCUT2D eigenvalue weighted by Crippen LogP contribution is 2.26. The molecule has 0 aliphatic heterocycles. The molecule has 1 nitrogen and oxygen atoms in total. The third-order valence-electron chi connectivity index (χ3n) is 2.68. The largest absolute Gasteiger partial charge is 0.299 e. The number of rotatable bonds is 4. The Balaban J connectivity index is 2.77. The molecule has 0 aliphatic rings. The quantitative estimate of drug-likeness (QED) is 0.734. The molecule has 0 bridgehead atoms. The van der Waals surface area contributed by atoms with E-state index in [2.05, 4.69) is 12.1 Å². The first-order chi connectivity index (χ1) is 6.93. The average Bonchev–Trinajstić information content (AvgIpc) is 2.17. The summed E-state index contributed by atoms with van der Waals surface area (Å²) in [6.45, 7) is 7.99. The van der Waals surface area contributed by atoms with Gasteiger partial charge in [-0.05, 0) is 12.0 Å². The van der Waals surface area contributed by atoms with Gasteiger partial charge in [0.25, 0.3) is 0 Å². The van der Waals surface area contributed by atoms with Crippen LogP contribution < -0.4 is 0 Å². The molecule has 0 aliphatic carbocycles. The molecule has 15 heavy (non-hydrogen) atoms. The van der Waals surface area contributed by atoms with Gasteiger partial charge in [0.05, 0.1) is 0 Å². The summed E-state index contributed by atoms with van der Waals surface area (Å²) in [5, 5.41) is 0. The summed E-state index contributed by atoms with van der Waals surface area (Å²) >= 11 is 0. The maximum Gasteiger partial charge on any atom is 0.141 e. The van der Waals surface area contributed by atoms with Gasteiger partial charge in [-0.3, -0.25) is 4.79 Å². The average molecular weight is 204 g/mol. The molecule has 0 saturated heterocycles. The van der Waals surface area contributed by atoms with Crippen LogP contribution in [0.4, 0.5) is 0 Å². The summed E-state index contributed by atoms with van der Waals surface area (Å²) in [5.74, 6) is 0.454. The zero-order valence-corrected chi connectivity index (χ0v) is 10.1. The van der Waals surface area contributed by atoms with Gasteiger partial charge in [0, 0.05) is 11.3 Å². The third-order valence-corrected chi connectivity index (χ3v) is 2.68. The number of benzene rings is 1. The van der Waals surface area contributed by atoms with Crippen LogP contribution in [0.1, 0.15) is 33.3 Å². The molecule has 0 radical (unpaired) electrons. The van der Waals surface area contributed by atoms with E-state index in [1.54, 1.807) is 0 Å². The lowest BCUT2D eigenvalue weighted by Gasteiger charge is -2.25. The topological polar surface area (TPSA) is 17.1 Å². The van der Waals surface area contributed by atoms with Crippen LogP contribution in [-0.4, -0.2) is 5.78 Å². The standard InChI is InChI=1S/C14H20O/c1-11(2)13(15)14(3,4)10-12-8-6-5-7-9-12/h5-9,11H,10H2,1-4H3. The number of carbonyl (C=O) groups is 1. The first-order valence-electron chi connectivity index (χ1n) is 5.52. The number of carbonyl (C=O) groups excluding carboxylic acids is 1. The lowest BCUT2D eigenvalue weighted by atomic mass is 9.78. The van der Waals surface area contributed by atoms with Gasteiger partial charge in [-0.25, -0.2) is 0 Å². The summed E-state index contributed by atoms with van der Waals surface area (Å²) in [6.07, 6.45) is 0.824. The molecular weight excluding hydrogens is 184 g/mol. The molecule has 0 aromatic heterocycles. The fourth-order valence-electron chi connectivity index (χ4n) is 1.97. The molecular formula is C14H20O. The maximum absolute atomic E-state index is 12.0. The van der Waals surface area contributed by atoms with Crippen molar-refractivity contribution in [3.8, 4) is 0 Å². The van der Waals surface area contributed by atoms with E-state index in [9.17, 15) is 4.79 Å².